The summed E-state index contributed by atoms with van der Waals surface area (Å²) >= 11 is 0. The first-order valence-electron chi connectivity index (χ1n) is 7.63. The monoisotopic (exact) mass is 321 g/mol. The lowest BCUT2D eigenvalue weighted by molar-refractivity contribution is 0.0938. The molecular formula is C19H15NO4. The summed E-state index contributed by atoms with van der Waals surface area (Å²) in [4.78, 5) is 25.3. The number of fused-ring (bicyclic) bond motifs is 2. The van der Waals surface area contributed by atoms with E-state index in [0.29, 0.717) is 16.5 Å². The van der Waals surface area contributed by atoms with Gasteiger partial charge in [0, 0.05) is 0 Å². The van der Waals surface area contributed by atoms with Crippen LogP contribution in [-0.4, -0.2) is 11.0 Å². The van der Waals surface area contributed by atoms with Crippen LogP contribution in [0.2, 0.25) is 0 Å². The second-order valence-electron chi connectivity index (χ2n) is 6.13. The number of rotatable bonds is 1. The molecule has 1 aliphatic heterocycles. The van der Waals surface area contributed by atoms with Crippen molar-refractivity contribution in [2.75, 3.05) is 0 Å². The summed E-state index contributed by atoms with van der Waals surface area (Å²) in [5, 5.41) is 12.7. The Hall–Kier alpha value is -3.08. The molecule has 4 rings (SSSR count). The predicted molar refractivity (Wildman–Crippen MR) is 89.4 cm³/mol. The standard InChI is InChI=1S/C19H15NO4/c1-9-7-10(2)17-13(8-9)16(22)14-15(20-19(23)18(14)24-17)11-3-5-12(21)6-4-11/h3-8,15,21H,1-2H3,(H,20,23). The smallest absolute Gasteiger partial charge is 0.288 e. The Morgan fingerprint density at radius 2 is 1.79 bits per heavy atom. The van der Waals surface area contributed by atoms with E-state index in [1.54, 1.807) is 18.2 Å². The van der Waals surface area contributed by atoms with Gasteiger partial charge < -0.3 is 14.8 Å². The molecule has 2 aromatic carbocycles. The first kappa shape index (κ1) is 14.5. The average Bonchev–Trinajstić information content (AvgIpc) is 2.87. The van der Waals surface area contributed by atoms with Crippen molar-refractivity contribution < 1.29 is 14.3 Å². The van der Waals surface area contributed by atoms with Gasteiger partial charge in [-0.25, -0.2) is 0 Å². The lowest BCUT2D eigenvalue weighted by Crippen LogP contribution is -2.21. The van der Waals surface area contributed by atoms with Crippen molar-refractivity contribution in [1.29, 1.82) is 0 Å². The van der Waals surface area contributed by atoms with Crippen molar-refractivity contribution in [2.45, 2.75) is 19.9 Å². The van der Waals surface area contributed by atoms with E-state index < -0.39 is 11.9 Å². The van der Waals surface area contributed by atoms with Crippen LogP contribution in [0.3, 0.4) is 0 Å². The fraction of sp³-hybridized carbons (Fsp3) is 0.158. The number of hydrogen-bond acceptors (Lipinski definition) is 4. The van der Waals surface area contributed by atoms with Gasteiger partial charge in [0.15, 0.2) is 5.43 Å². The molecular weight excluding hydrogens is 306 g/mol. The number of hydrogen-bond donors (Lipinski definition) is 2. The quantitative estimate of drug-likeness (QED) is 0.722. The van der Waals surface area contributed by atoms with E-state index >= 15 is 0 Å². The van der Waals surface area contributed by atoms with Gasteiger partial charge in [-0.15, -0.1) is 0 Å². The van der Waals surface area contributed by atoms with Gasteiger partial charge in [0.1, 0.15) is 11.3 Å². The Bertz CT molecular complexity index is 1050. The number of benzene rings is 2. The van der Waals surface area contributed by atoms with E-state index in [9.17, 15) is 14.7 Å². The normalized spacial score (nSPS) is 16.2. The molecule has 24 heavy (non-hydrogen) atoms. The molecule has 1 aromatic heterocycles. The molecule has 0 saturated carbocycles. The molecule has 0 saturated heterocycles. The Kier molecular flexibility index (Phi) is 3.00. The molecule has 1 amide bonds. The largest absolute Gasteiger partial charge is 0.508 e. The summed E-state index contributed by atoms with van der Waals surface area (Å²) < 4.78 is 5.80. The zero-order valence-electron chi connectivity index (χ0n) is 13.2. The number of amides is 1. The number of aromatic hydroxyl groups is 1. The van der Waals surface area contributed by atoms with Gasteiger partial charge in [-0.2, -0.15) is 0 Å². The van der Waals surface area contributed by atoms with Crippen LogP contribution < -0.4 is 10.7 Å². The van der Waals surface area contributed by atoms with E-state index in [1.807, 2.05) is 19.9 Å². The minimum Gasteiger partial charge on any atom is -0.508 e. The molecule has 0 radical (unpaired) electrons. The number of aryl methyl sites for hydroxylation is 2. The summed E-state index contributed by atoms with van der Waals surface area (Å²) in [5.74, 6) is -0.209. The number of nitrogens with one attached hydrogen (secondary N) is 1. The van der Waals surface area contributed by atoms with Crippen molar-refractivity contribution in [3.63, 3.8) is 0 Å². The molecule has 0 aliphatic carbocycles. The van der Waals surface area contributed by atoms with Crippen LogP contribution in [0.15, 0.2) is 45.6 Å². The summed E-state index contributed by atoms with van der Waals surface area (Å²) in [6, 6.07) is 9.54. The van der Waals surface area contributed by atoms with E-state index in [0.717, 1.165) is 16.7 Å². The maximum Gasteiger partial charge on any atom is 0.288 e. The van der Waals surface area contributed by atoms with Crippen LogP contribution in [-0.2, 0) is 0 Å². The van der Waals surface area contributed by atoms with Gasteiger partial charge in [-0.1, -0.05) is 18.2 Å². The third-order valence-corrected chi connectivity index (χ3v) is 4.35. The highest BCUT2D eigenvalue weighted by atomic mass is 16.3. The van der Waals surface area contributed by atoms with Crippen LogP contribution in [0, 0.1) is 13.8 Å². The third-order valence-electron chi connectivity index (χ3n) is 4.35. The summed E-state index contributed by atoms with van der Waals surface area (Å²) in [7, 11) is 0. The minimum absolute atomic E-state index is 0.0672. The lowest BCUT2D eigenvalue weighted by Gasteiger charge is -2.12. The third kappa shape index (κ3) is 2.01. The predicted octanol–water partition coefficient (Wildman–Crippen LogP) is 2.95. The molecule has 120 valence electrons. The molecule has 3 aromatic rings. The number of carbonyl (C=O) groups excluding carboxylic acids is 1. The van der Waals surface area contributed by atoms with Crippen LogP contribution >= 0.6 is 0 Å². The van der Waals surface area contributed by atoms with E-state index in [-0.39, 0.29) is 16.9 Å². The second-order valence-corrected chi connectivity index (χ2v) is 6.13. The van der Waals surface area contributed by atoms with Crippen LogP contribution in [0.4, 0.5) is 0 Å². The second kappa shape index (κ2) is 4.96. The van der Waals surface area contributed by atoms with Gasteiger partial charge in [0.05, 0.1) is 17.0 Å². The van der Waals surface area contributed by atoms with Crippen molar-refractivity contribution in [1.82, 2.24) is 5.32 Å². The highest BCUT2D eigenvalue weighted by molar-refractivity contribution is 5.99. The van der Waals surface area contributed by atoms with Gasteiger partial charge in [-0.05, 0) is 48.7 Å². The highest BCUT2D eigenvalue weighted by Gasteiger charge is 2.36. The molecule has 1 unspecified atom stereocenters. The topological polar surface area (TPSA) is 79.5 Å². The molecule has 5 heteroatoms. The van der Waals surface area contributed by atoms with Crippen LogP contribution in [0.25, 0.3) is 11.0 Å². The van der Waals surface area contributed by atoms with Gasteiger partial charge in [0.25, 0.3) is 5.91 Å². The zero-order valence-corrected chi connectivity index (χ0v) is 13.2. The number of phenolic OH excluding ortho intramolecular Hbond substituents is 1. The maximum atomic E-state index is 13.0. The van der Waals surface area contributed by atoms with Crippen molar-refractivity contribution in [2.24, 2.45) is 0 Å². The van der Waals surface area contributed by atoms with Gasteiger partial charge in [0.2, 0.25) is 5.76 Å². The van der Waals surface area contributed by atoms with E-state index in [1.165, 1.54) is 12.1 Å². The van der Waals surface area contributed by atoms with Gasteiger partial charge in [-0.3, -0.25) is 9.59 Å². The van der Waals surface area contributed by atoms with Crippen molar-refractivity contribution >= 4 is 16.9 Å². The van der Waals surface area contributed by atoms with Crippen molar-refractivity contribution in [3.8, 4) is 5.75 Å². The molecule has 1 atom stereocenters. The number of phenols is 1. The minimum atomic E-state index is -0.574. The fourth-order valence-corrected chi connectivity index (χ4v) is 3.28. The van der Waals surface area contributed by atoms with Crippen molar-refractivity contribution in [3.05, 3.63) is 74.6 Å². The molecule has 2 N–H and O–H groups in total. The average molecular weight is 321 g/mol. The summed E-state index contributed by atoms with van der Waals surface area (Å²) in [6.07, 6.45) is 0. The van der Waals surface area contributed by atoms with E-state index in [2.05, 4.69) is 5.32 Å². The Morgan fingerprint density at radius 1 is 1.08 bits per heavy atom. The van der Waals surface area contributed by atoms with Crippen LogP contribution in [0.1, 0.15) is 38.9 Å². The fourth-order valence-electron chi connectivity index (χ4n) is 3.28. The lowest BCUT2D eigenvalue weighted by atomic mass is 9.98. The summed E-state index contributed by atoms with van der Waals surface area (Å²) in [5.41, 5.74) is 3.08. The zero-order chi connectivity index (χ0) is 17.0. The molecule has 0 fully saturated rings. The molecule has 1 aliphatic rings. The Labute approximate surface area is 137 Å². The van der Waals surface area contributed by atoms with Gasteiger partial charge >= 0.3 is 0 Å². The molecule has 0 spiro atoms. The SMILES string of the molecule is Cc1cc(C)c2oc3c(c(=O)c2c1)C(c1ccc(O)cc1)NC3=O. The Morgan fingerprint density at radius 3 is 2.50 bits per heavy atom. The summed E-state index contributed by atoms with van der Waals surface area (Å²) in [6.45, 7) is 3.77. The van der Waals surface area contributed by atoms with Crippen LogP contribution in [0.5, 0.6) is 5.75 Å². The Balaban J connectivity index is 2.02. The first-order valence-corrected chi connectivity index (χ1v) is 7.63. The number of carbonyl (C=O) groups is 1. The molecule has 0 bridgehead atoms. The molecule has 2 heterocycles. The van der Waals surface area contributed by atoms with E-state index in [4.69, 9.17) is 4.42 Å². The maximum absolute atomic E-state index is 13.0. The molecule has 5 nitrogen and oxygen atoms in total. The highest BCUT2D eigenvalue weighted by Crippen LogP contribution is 2.32. The first-order chi connectivity index (χ1) is 11.5.